The number of nitrogens with zero attached hydrogens (tertiary/aromatic N) is 2. The summed E-state index contributed by atoms with van der Waals surface area (Å²) in [4.78, 5) is 5.71. The van der Waals surface area contributed by atoms with E-state index in [-0.39, 0.29) is 0 Å². The van der Waals surface area contributed by atoms with Gasteiger partial charge in [0.15, 0.2) is 4.96 Å². The van der Waals surface area contributed by atoms with Crippen molar-refractivity contribution in [2.45, 2.75) is 6.42 Å². The Morgan fingerprint density at radius 1 is 1.37 bits per heavy atom. The average Bonchev–Trinajstić information content (AvgIpc) is 3.01. The molecule has 3 aromatic rings. The summed E-state index contributed by atoms with van der Waals surface area (Å²) in [6.45, 7) is 0.603. The lowest BCUT2D eigenvalue weighted by atomic mass is 10.1. The molecule has 0 saturated carbocycles. The molecule has 2 aromatic heterocycles. The number of nitrogens with two attached hydrogens (primary N) is 1. The Hall–Kier alpha value is -1.85. The summed E-state index contributed by atoms with van der Waals surface area (Å²) in [6, 6.07) is 7.95. The van der Waals surface area contributed by atoms with E-state index in [1.165, 1.54) is 0 Å². The van der Waals surface area contributed by atoms with Crippen LogP contribution >= 0.6 is 11.3 Å². The van der Waals surface area contributed by atoms with E-state index < -0.39 is 0 Å². The average molecular weight is 273 g/mol. The molecule has 0 aliphatic rings. The molecule has 2 N–H and O–H groups in total. The third kappa shape index (κ3) is 2.01. The minimum absolute atomic E-state index is 0.603. The molecule has 0 aliphatic carbocycles. The van der Waals surface area contributed by atoms with E-state index in [0.29, 0.717) is 6.54 Å². The van der Waals surface area contributed by atoms with Crippen molar-refractivity contribution >= 4 is 16.3 Å². The number of rotatable bonds is 4. The van der Waals surface area contributed by atoms with Gasteiger partial charge in [-0.2, -0.15) is 0 Å². The third-order valence-electron chi connectivity index (χ3n) is 3.10. The van der Waals surface area contributed by atoms with Crippen LogP contribution in [0, 0.1) is 0 Å². The summed E-state index contributed by atoms with van der Waals surface area (Å²) in [6.07, 6.45) is 2.84. The minimum Gasteiger partial charge on any atom is -0.496 e. The van der Waals surface area contributed by atoms with Crippen LogP contribution in [0.3, 0.4) is 0 Å². The topological polar surface area (TPSA) is 52.5 Å². The van der Waals surface area contributed by atoms with E-state index in [0.717, 1.165) is 34.1 Å². The second-order valence-electron chi connectivity index (χ2n) is 4.20. The molecular formula is C14H15N3OS. The quantitative estimate of drug-likeness (QED) is 0.795. The predicted octanol–water partition coefficient (Wildman–Crippen LogP) is 2.57. The van der Waals surface area contributed by atoms with E-state index >= 15 is 0 Å². The molecule has 0 spiro atoms. The van der Waals surface area contributed by atoms with Gasteiger partial charge in [0, 0.05) is 23.6 Å². The van der Waals surface area contributed by atoms with Gasteiger partial charge in [-0.05, 0) is 18.7 Å². The highest BCUT2D eigenvalue weighted by molar-refractivity contribution is 7.15. The fourth-order valence-electron chi connectivity index (χ4n) is 2.26. The van der Waals surface area contributed by atoms with Gasteiger partial charge in [-0.15, -0.1) is 11.3 Å². The van der Waals surface area contributed by atoms with Crippen LogP contribution in [0.25, 0.3) is 16.2 Å². The van der Waals surface area contributed by atoms with Crippen molar-refractivity contribution in [3.8, 4) is 17.0 Å². The molecule has 0 fully saturated rings. The molecule has 3 rings (SSSR count). The first kappa shape index (κ1) is 12.2. The largest absolute Gasteiger partial charge is 0.496 e. The molecule has 0 amide bonds. The predicted molar refractivity (Wildman–Crippen MR) is 77.8 cm³/mol. The molecule has 0 saturated heterocycles. The van der Waals surface area contributed by atoms with Gasteiger partial charge in [0.2, 0.25) is 0 Å². The van der Waals surface area contributed by atoms with Gasteiger partial charge in [0.05, 0.1) is 18.5 Å². The van der Waals surface area contributed by atoms with Crippen LogP contribution in [-0.2, 0) is 6.42 Å². The second-order valence-corrected chi connectivity index (χ2v) is 5.07. The van der Waals surface area contributed by atoms with Gasteiger partial charge in [-0.3, -0.25) is 4.40 Å². The molecule has 98 valence electrons. The van der Waals surface area contributed by atoms with Crippen LogP contribution < -0.4 is 10.5 Å². The molecule has 19 heavy (non-hydrogen) atoms. The van der Waals surface area contributed by atoms with Crippen molar-refractivity contribution in [3.63, 3.8) is 0 Å². The minimum atomic E-state index is 0.603. The van der Waals surface area contributed by atoms with Crippen LogP contribution in [0.2, 0.25) is 0 Å². The maximum Gasteiger partial charge on any atom is 0.194 e. The van der Waals surface area contributed by atoms with E-state index in [9.17, 15) is 0 Å². The smallest absolute Gasteiger partial charge is 0.194 e. The first-order chi connectivity index (χ1) is 9.35. The van der Waals surface area contributed by atoms with Gasteiger partial charge in [-0.1, -0.05) is 12.1 Å². The molecule has 4 nitrogen and oxygen atoms in total. The zero-order valence-corrected chi connectivity index (χ0v) is 11.5. The first-order valence-corrected chi connectivity index (χ1v) is 7.01. The van der Waals surface area contributed by atoms with Crippen LogP contribution in [-0.4, -0.2) is 23.0 Å². The molecule has 0 radical (unpaired) electrons. The number of aromatic nitrogens is 2. The SMILES string of the molecule is COc1ccccc1-c1nc2sccn2c1CCN. The van der Waals surface area contributed by atoms with Crippen molar-refractivity contribution in [1.82, 2.24) is 9.38 Å². The highest BCUT2D eigenvalue weighted by atomic mass is 32.1. The summed E-state index contributed by atoms with van der Waals surface area (Å²) in [5.74, 6) is 0.839. The molecule has 0 atom stereocenters. The summed E-state index contributed by atoms with van der Waals surface area (Å²) >= 11 is 1.63. The van der Waals surface area contributed by atoms with Gasteiger partial charge >= 0.3 is 0 Å². The Balaban J connectivity index is 2.23. The van der Waals surface area contributed by atoms with E-state index in [1.54, 1.807) is 18.4 Å². The molecule has 0 bridgehead atoms. The second kappa shape index (κ2) is 5.03. The third-order valence-corrected chi connectivity index (χ3v) is 3.86. The zero-order chi connectivity index (χ0) is 13.2. The van der Waals surface area contributed by atoms with Crippen LogP contribution in [0.5, 0.6) is 5.75 Å². The monoisotopic (exact) mass is 273 g/mol. The maximum atomic E-state index is 5.73. The van der Waals surface area contributed by atoms with Crippen molar-refractivity contribution in [2.24, 2.45) is 5.73 Å². The maximum absolute atomic E-state index is 5.73. The highest BCUT2D eigenvalue weighted by Crippen LogP contribution is 2.33. The van der Waals surface area contributed by atoms with Gasteiger partial charge < -0.3 is 10.5 Å². The zero-order valence-electron chi connectivity index (χ0n) is 10.7. The number of fused-ring (bicyclic) bond motifs is 1. The molecule has 2 heterocycles. The van der Waals surface area contributed by atoms with Gasteiger partial charge in [0.1, 0.15) is 5.75 Å². The van der Waals surface area contributed by atoms with Crippen LogP contribution in [0.1, 0.15) is 5.69 Å². The van der Waals surface area contributed by atoms with Crippen LogP contribution in [0.4, 0.5) is 0 Å². The van der Waals surface area contributed by atoms with E-state index in [4.69, 9.17) is 15.5 Å². The van der Waals surface area contributed by atoms with Crippen LogP contribution in [0.15, 0.2) is 35.8 Å². The lowest BCUT2D eigenvalue weighted by molar-refractivity contribution is 0.416. The van der Waals surface area contributed by atoms with Gasteiger partial charge in [0.25, 0.3) is 0 Å². The molecule has 0 unspecified atom stereocenters. The Kier molecular flexibility index (Phi) is 3.23. The number of imidazole rings is 1. The Bertz CT molecular complexity index is 702. The summed E-state index contributed by atoms with van der Waals surface area (Å²) in [7, 11) is 1.68. The van der Waals surface area contributed by atoms with Gasteiger partial charge in [-0.25, -0.2) is 4.98 Å². The van der Waals surface area contributed by atoms with E-state index in [2.05, 4.69) is 4.40 Å². The summed E-state index contributed by atoms with van der Waals surface area (Å²) in [5.41, 5.74) is 8.86. The number of ether oxygens (including phenoxy) is 1. The molecule has 0 aliphatic heterocycles. The van der Waals surface area contributed by atoms with E-state index in [1.807, 2.05) is 35.8 Å². The fourth-order valence-corrected chi connectivity index (χ4v) is 3.00. The summed E-state index contributed by atoms with van der Waals surface area (Å²) < 4.78 is 7.54. The summed E-state index contributed by atoms with van der Waals surface area (Å²) in [5, 5.41) is 2.04. The van der Waals surface area contributed by atoms with Crippen molar-refractivity contribution in [3.05, 3.63) is 41.5 Å². The highest BCUT2D eigenvalue weighted by Gasteiger charge is 2.16. The number of methoxy groups -OCH3 is 1. The molecule has 1 aromatic carbocycles. The Morgan fingerprint density at radius 3 is 3.00 bits per heavy atom. The molecule has 5 heteroatoms. The number of hydrogen-bond donors (Lipinski definition) is 1. The number of thiazole rings is 1. The number of benzene rings is 1. The lowest BCUT2D eigenvalue weighted by Crippen LogP contribution is -2.06. The Morgan fingerprint density at radius 2 is 2.21 bits per heavy atom. The first-order valence-electron chi connectivity index (χ1n) is 6.13. The van der Waals surface area contributed by atoms with Crippen molar-refractivity contribution < 1.29 is 4.74 Å². The number of hydrogen-bond acceptors (Lipinski definition) is 4. The normalized spacial score (nSPS) is 11.1. The lowest BCUT2D eigenvalue weighted by Gasteiger charge is -2.08. The molecular weight excluding hydrogens is 258 g/mol. The standard InChI is InChI=1S/C14H15N3OS/c1-18-12-5-3-2-4-10(12)13-11(6-7-15)17-8-9-19-14(17)16-13/h2-5,8-9H,6-7,15H2,1H3. The number of para-hydroxylation sites is 1. The van der Waals surface area contributed by atoms with Crippen molar-refractivity contribution in [1.29, 1.82) is 0 Å². The van der Waals surface area contributed by atoms with Crippen molar-refractivity contribution in [2.75, 3.05) is 13.7 Å². The Labute approximate surface area is 115 Å². The fraction of sp³-hybridized carbons (Fsp3) is 0.214.